The van der Waals surface area contributed by atoms with Crippen molar-refractivity contribution < 1.29 is 57.1 Å². The molecule has 1 unspecified atom stereocenters. The standard InChI is InChI=1S/C50H96N2O12/c1-7-13-17-21-34-61-49(62-35-22-18-14-8-2)28-26-46(54)58-39-38-57-44-45(43-53)42-52(32-25-31-51(11-5)12-6)33-30-48(56)60-41-40-59-47(55)27-29-50(63-36-23-19-15-9-3)64-37-24-20-16-10-4/h43,45,49-50H,7-42,44H2,1-6H3. The van der Waals surface area contributed by atoms with Crippen LogP contribution < -0.4 is 0 Å². The normalized spacial score (nSPS) is 12.2. The van der Waals surface area contributed by atoms with Gasteiger partial charge in [0.1, 0.15) is 26.1 Å². The summed E-state index contributed by atoms with van der Waals surface area (Å²) in [5.41, 5.74) is 0. The Morgan fingerprint density at radius 2 is 0.828 bits per heavy atom. The van der Waals surface area contributed by atoms with Crippen LogP contribution in [-0.4, -0.2) is 145 Å². The van der Waals surface area contributed by atoms with Crippen LogP contribution in [0.4, 0.5) is 0 Å². The fourth-order valence-corrected chi connectivity index (χ4v) is 6.92. The maximum Gasteiger partial charge on any atom is 0.307 e. The average molecular weight is 917 g/mol. The summed E-state index contributed by atoms with van der Waals surface area (Å²) in [5, 5.41) is 0. The zero-order valence-electron chi connectivity index (χ0n) is 41.8. The van der Waals surface area contributed by atoms with Crippen molar-refractivity contribution in [2.24, 2.45) is 5.92 Å². The largest absolute Gasteiger partial charge is 0.463 e. The Hall–Kier alpha value is -2.20. The van der Waals surface area contributed by atoms with E-state index >= 15 is 0 Å². The summed E-state index contributed by atoms with van der Waals surface area (Å²) in [6, 6.07) is 0. The molecule has 0 fully saturated rings. The average Bonchev–Trinajstić information content (AvgIpc) is 3.30. The van der Waals surface area contributed by atoms with Gasteiger partial charge in [0.05, 0.1) is 38.4 Å². The van der Waals surface area contributed by atoms with Gasteiger partial charge in [-0.3, -0.25) is 14.4 Å². The Bertz CT molecular complexity index is 1040. The number of aldehydes is 1. The predicted molar refractivity (Wildman–Crippen MR) is 253 cm³/mol. The van der Waals surface area contributed by atoms with Crippen molar-refractivity contribution >= 4 is 24.2 Å². The quantitative estimate of drug-likeness (QED) is 0.0188. The molecule has 1 atom stereocenters. The molecule has 0 rings (SSSR count). The topological polar surface area (TPSA) is 149 Å². The smallest absolute Gasteiger partial charge is 0.307 e. The molecule has 0 aromatic rings. The summed E-state index contributed by atoms with van der Waals surface area (Å²) in [7, 11) is 0. The third kappa shape index (κ3) is 40.1. The zero-order chi connectivity index (χ0) is 47.1. The number of esters is 3. The summed E-state index contributed by atoms with van der Waals surface area (Å²) < 4.78 is 45.8. The van der Waals surface area contributed by atoms with Gasteiger partial charge in [-0.2, -0.15) is 0 Å². The maximum atomic E-state index is 12.7. The van der Waals surface area contributed by atoms with Crippen LogP contribution in [0.5, 0.6) is 0 Å². The van der Waals surface area contributed by atoms with E-state index in [2.05, 4.69) is 51.3 Å². The SMILES string of the molecule is CCCCCCOC(CCC(=O)OCCOCC(C=O)CN(CCCN(CC)CC)CCC(=O)OCCOC(=O)CCC(OCCCCCC)OCCCCCC)OCCCCCC. The van der Waals surface area contributed by atoms with Gasteiger partial charge in [-0.15, -0.1) is 0 Å². The van der Waals surface area contributed by atoms with E-state index < -0.39 is 24.5 Å². The van der Waals surface area contributed by atoms with E-state index in [9.17, 15) is 19.2 Å². The van der Waals surface area contributed by atoms with Gasteiger partial charge in [0, 0.05) is 52.4 Å². The third-order valence-electron chi connectivity index (χ3n) is 11.0. The van der Waals surface area contributed by atoms with Crippen LogP contribution in [0.2, 0.25) is 0 Å². The fraction of sp³-hybridized carbons (Fsp3) is 0.920. The van der Waals surface area contributed by atoms with E-state index in [-0.39, 0.29) is 64.2 Å². The summed E-state index contributed by atoms with van der Waals surface area (Å²) in [6.07, 6.45) is 19.9. The first-order chi connectivity index (χ1) is 31.3. The molecule has 0 amide bonds. The summed E-state index contributed by atoms with van der Waals surface area (Å²) in [5.74, 6) is -1.55. The second-order valence-corrected chi connectivity index (χ2v) is 16.7. The van der Waals surface area contributed by atoms with Gasteiger partial charge in [-0.1, -0.05) is 119 Å². The zero-order valence-corrected chi connectivity index (χ0v) is 41.8. The Kier molecular flexibility index (Phi) is 45.7. The fourth-order valence-electron chi connectivity index (χ4n) is 6.92. The molecule has 0 radical (unpaired) electrons. The Morgan fingerprint density at radius 1 is 0.438 bits per heavy atom. The van der Waals surface area contributed by atoms with Crippen LogP contribution in [0.3, 0.4) is 0 Å². The summed E-state index contributed by atoms with van der Waals surface area (Å²) in [4.78, 5) is 54.3. The second kappa shape index (κ2) is 47.3. The second-order valence-electron chi connectivity index (χ2n) is 16.7. The van der Waals surface area contributed by atoms with Crippen LogP contribution in [-0.2, 0) is 57.1 Å². The van der Waals surface area contributed by atoms with Gasteiger partial charge < -0.3 is 52.5 Å². The summed E-state index contributed by atoms with van der Waals surface area (Å²) >= 11 is 0. The number of carbonyl (C=O) groups is 4. The molecule has 0 N–H and O–H groups in total. The maximum absolute atomic E-state index is 12.7. The van der Waals surface area contributed by atoms with Crippen LogP contribution in [0.1, 0.15) is 183 Å². The van der Waals surface area contributed by atoms with Crippen molar-refractivity contribution in [3.05, 3.63) is 0 Å². The van der Waals surface area contributed by atoms with Crippen LogP contribution in [0.25, 0.3) is 0 Å². The molecule has 0 aliphatic carbocycles. The van der Waals surface area contributed by atoms with Gasteiger partial charge in [-0.25, -0.2) is 0 Å². The molecule has 0 aromatic carbocycles. The predicted octanol–water partition coefficient (Wildman–Crippen LogP) is 9.47. The van der Waals surface area contributed by atoms with Crippen LogP contribution in [0.15, 0.2) is 0 Å². The molecule has 378 valence electrons. The van der Waals surface area contributed by atoms with Crippen molar-refractivity contribution in [3.63, 3.8) is 0 Å². The minimum absolute atomic E-state index is 0.0276. The van der Waals surface area contributed by atoms with Crippen molar-refractivity contribution in [2.75, 3.05) is 98.7 Å². The van der Waals surface area contributed by atoms with E-state index in [1.807, 2.05) is 0 Å². The molecule has 14 nitrogen and oxygen atoms in total. The monoisotopic (exact) mass is 917 g/mol. The van der Waals surface area contributed by atoms with E-state index in [4.69, 9.17) is 37.9 Å². The number of nitrogens with zero attached hydrogens (tertiary/aromatic N) is 2. The number of ether oxygens (including phenoxy) is 8. The first kappa shape index (κ1) is 61.8. The molecule has 0 aliphatic rings. The highest BCUT2D eigenvalue weighted by Crippen LogP contribution is 2.13. The molecule has 64 heavy (non-hydrogen) atoms. The van der Waals surface area contributed by atoms with Gasteiger partial charge in [0.15, 0.2) is 12.6 Å². The first-order valence-corrected chi connectivity index (χ1v) is 25.7. The molecular formula is C50H96N2O12. The molecule has 0 saturated heterocycles. The number of rotatable bonds is 50. The molecule has 0 aromatic heterocycles. The Balaban J connectivity index is 4.79. The molecule has 14 heteroatoms. The molecule has 0 heterocycles. The third-order valence-corrected chi connectivity index (χ3v) is 11.0. The minimum Gasteiger partial charge on any atom is -0.463 e. The Labute approximate surface area is 390 Å². The molecular weight excluding hydrogens is 821 g/mol. The first-order valence-electron chi connectivity index (χ1n) is 25.7. The molecule has 0 bridgehead atoms. The lowest BCUT2D eigenvalue weighted by Gasteiger charge is -2.26. The minimum atomic E-state index is -0.441. The number of carbonyl (C=O) groups excluding carboxylic acids is 4. The van der Waals surface area contributed by atoms with Gasteiger partial charge in [0.25, 0.3) is 0 Å². The lowest BCUT2D eigenvalue weighted by Crippen LogP contribution is -2.36. The van der Waals surface area contributed by atoms with E-state index in [1.165, 1.54) is 25.7 Å². The summed E-state index contributed by atoms with van der Waals surface area (Å²) in [6.45, 7) is 20.1. The highest BCUT2D eigenvalue weighted by atomic mass is 16.7. The highest BCUT2D eigenvalue weighted by molar-refractivity contribution is 5.70. The van der Waals surface area contributed by atoms with Crippen molar-refractivity contribution in [1.82, 2.24) is 9.80 Å². The Morgan fingerprint density at radius 3 is 1.22 bits per heavy atom. The van der Waals surface area contributed by atoms with Crippen molar-refractivity contribution in [3.8, 4) is 0 Å². The van der Waals surface area contributed by atoms with Crippen LogP contribution >= 0.6 is 0 Å². The van der Waals surface area contributed by atoms with Gasteiger partial charge >= 0.3 is 17.9 Å². The lowest BCUT2D eigenvalue weighted by atomic mass is 10.1. The van der Waals surface area contributed by atoms with E-state index in [0.29, 0.717) is 58.9 Å². The van der Waals surface area contributed by atoms with E-state index in [0.717, 1.165) is 109 Å². The van der Waals surface area contributed by atoms with Gasteiger partial charge in [0.2, 0.25) is 0 Å². The molecule has 0 spiro atoms. The number of hydrogen-bond acceptors (Lipinski definition) is 14. The molecule has 0 aliphatic heterocycles. The highest BCUT2D eigenvalue weighted by Gasteiger charge is 2.18. The van der Waals surface area contributed by atoms with Crippen molar-refractivity contribution in [1.29, 1.82) is 0 Å². The lowest BCUT2D eigenvalue weighted by molar-refractivity contribution is -0.161. The molecule has 0 saturated carbocycles. The number of unbranched alkanes of at least 4 members (excludes halogenated alkanes) is 12. The van der Waals surface area contributed by atoms with Crippen molar-refractivity contribution in [2.45, 2.75) is 195 Å². The van der Waals surface area contributed by atoms with Gasteiger partial charge in [-0.05, 0) is 58.3 Å². The van der Waals surface area contributed by atoms with E-state index in [1.54, 1.807) is 0 Å². The number of hydrogen-bond donors (Lipinski definition) is 0. The van der Waals surface area contributed by atoms with Crippen LogP contribution in [0, 0.1) is 5.92 Å².